The fourth-order valence-corrected chi connectivity index (χ4v) is 10.9. The fourth-order valence-electron chi connectivity index (χ4n) is 10.9. The lowest BCUT2D eigenvalue weighted by Crippen LogP contribution is -2.61. The van der Waals surface area contributed by atoms with Crippen LogP contribution in [0.25, 0.3) is 22.3 Å². The maximum atomic E-state index is 2.69. The molecule has 0 fully saturated rings. The fraction of sp³-hybridized carbons (Fsp3) is 0.323. The molecule has 0 N–H and O–H groups in total. The van der Waals surface area contributed by atoms with Crippen LogP contribution in [0.3, 0.4) is 0 Å². The largest absolute Gasteiger partial charge is 0.311 e. The minimum absolute atomic E-state index is 0.00984. The highest BCUT2D eigenvalue weighted by molar-refractivity contribution is 7.00. The van der Waals surface area contributed by atoms with E-state index in [9.17, 15) is 0 Å². The van der Waals surface area contributed by atoms with Crippen LogP contribution in [0.4, 0.5) is 34.1 Å². The van der Waals surface area contributed by atoms with Gasteiger partial charge in [-0.3, -0.25) is 0 Å². The van der Waals surface area contributed by atoms with E-state index in [0.717, 1.165) is 12.8 Å². The van der Waals surface area contributed by atoms with Crippen molar-refractivity contribution in [1.29, 1.82) is 0 Å². The van der Waals surface area contributed by atoms with E-state index in [0.29, 0.717) is 5.92 Å². The molecule has 2 heterocycles. The predicted octanol–water partition coefficient (Wildman–Crippen LogP) is 15.2. The number of nitrogens with zero attached hydrogens (tertiary/aromatic N) is 2. The Labute approximate surface area is 390 Å². The van der Waals surface area contributed by atoms with E-state index in [1.807, 2.05) is 0 Å². The molecule has 1 aliphatic carbocycles. The Bertz CT molecular complexity index is 2970. The lowest BCUT2D eigenvalue weighted by molar-refractivity contribution is 0.392. The molecule has 3 aliphatic rings. The van der Waals surface area contributed by atoms with Crippen LogP contribution in [0.2, 0.25) is 0 Å². The molecule has 65 heavy (non-hydrogen) atoms. The first kappa shape index (κ1) is 43.1. The number of benzene rings is 7. The second-order valence-corrected chi connectivity index (χ2v) is 23.7. The van der Waals surface area contributed by atoms with E-state index < -0.39 is 0 Å². The molecule has 0 amide bonds. The maximum Gasteiger partial charge on any atom is 0.252 e. The Morgan fingerprint density at radius 3 is 1.57 bits per heavy atom. The normalized spacial score (nSPS) is 15.2. The molecular formula is C62H67BN2. The average Bonchev–Trinajstić information content (AvgIpc) is 3.57. The molecule has 328 valence electrons. The van der Waals surface area contributed by atoms with Crippen molar-refractivity contribution in [2.75, 3.05) is 9.80 Å². The van der Waals surface area contributed by atoms with Crippen LogP contribution in [0, 0.1) is 5.41 Å². The summed E-state index contributed by atoms with van der Waals surface area (Å²) in [6, 6.07) is 54.5. The molecular weight excluding hydrogens is 784 g/mol. The molecule has 7 aromatic rings. The molecule has 0 saturated carbocycles. The molecule has 10 rings (SSSR count). The summed E-state index contributed by atoms with van der Waals surface area (Å²) in [5.74, 6) is 0.321. The van der Waals surface area contributed by atoms with E-state index in [-0.39, 0.29) is 28.4 Å². The Hall–Kier alpha value is -5.80. The third-order valence-corrected chi connectivity index (χ3v) is 14.7. The van der Waals surface area contributed by atoms with Gasteiger partial charge in [-0.2, -0.15) is 0 Å². The molecule has 0 radical (unpaired) electrons. The quantitative estimate of drug-likeness (QED) is 0.159. The summed E-state index contributed by atoms with van der Waals surface area (Å²) in [5.41, 5.74) is 25.3. The zero-order chi connectivity index (χ0) is 46.0. The SMILES string of the molecule is CC(C)c1cc2c3c(c1)N(c1ccc(C(C)(C)C)cc1-c1ccc(-c4ccccc4)cc1)c1cc4c(cc1B3c1cc(C(C)(C)C)ccc1N2c1ccc(C(C)(C)C)cc1)CC(C)(C)C4. The zero-order valence-corrected chi connectivity index (χ0v) is 41.2. The average molecular weight is 851 g/mol. The van der Waals surface area contributed by atoms with Gasteiger partial charge in [-0.25, -0.2) is 0 Å². The maximum absolute atomic E-state index is 2.69. The molecule has 0 saturated heterocycles. The smallest absolute Gasteiger partial charge is 0.252 e. The zero-order valence-electron chi connectivity index (χ0n) is 41.2. The number of hydrogen-bond donors (Lipinski definition) is 0. The molecule has 7 aromatic carbocycles. The second-order valence-electron chi connectivity index (χ2n) is 23.7. The number of hydrogen-bond acceptors (Lipinski definition) is 2. The van der Waals surface area contributed by atoms with Crippen molar-refractivity contribution in [1.82, 2.24) is 0 Å². The van der Waals surface area contributed by atoms with Crippen molar-refractivity contribution in [3.8, 4) is 22.3 Å². The standard InChI is InChI=1S/C62H67BN2/c1-39(2)43-32-56-58-57(33-43)65(53-29-25-47(60(6,7)8)35-50(53)42-21-19-41(20-22-42)40-17-15-14-16-18-40)55-34-45-38-62(12,13)37-44(45)31-51(55)63(58)52-36-48(61(9,10)11)26-30-54(52)64(56)49-27-23-46(24-28-49)59(3,4)5/h14-36,39H,37-38H2,1-13H3. The van der Waals surface area contributed by atoms with Crippen LogP contribution in [-0.2, 0) is 29.1 Å². The van der Waals surface area contributed by atoms with E-state index >= 15 is 0 Å². The molecule has 2 nitrogen and oxygen atoms in total. The number of anilines is 6. The van der Waals surface area contributed by atoms with E-state index in [1.165, 1.54) is 106 Å². The van der Waals surface area contributed by atoms with E-state index in [1.54, 1.807) is 0 Å². The number of rotatable bonds is 5. The van der Waals surface area contributed by atoms with Gasteiger partial charge in [-0.1, -0.05) is 181 Å². The molecule has 0 unspecified atom stereocenters. The molecule has 0 spiro atoms. The summed E-state index contributed by atoms with van der Waals surface area (Å²) in [6.45, 7) is 30.7. The molecule has 0 aromatic heterocycles. The third kappa shape index (κ3) is 7.54. The Morgan fingerprint density at radius 2 is 0.969 bits per heavy atom. The van der Waals surface area contributed by atoms with Crippen LogP contribution < -0.4 is 26.2 Å². The Kier molecular flexibility index (Phi) is 10.0. The van der Waals surface area contributed by atoms with Crippen molar-refractivity contribution in [2.24, 2.45) is 5.41 Å². The minimum atomic E-state index is -0.0250. The molecule has 0 atom stereocenters. The Morgan fingerprint density at radius 1 is 0.462 bits per heavy atom. The first-order valence-electron chi connectivity index (χ1n) is 24.2. The molecule has 0 bridgehead atoms. The first-order valence-corrected chi connectivity index (χ1v) is 24.2. The summed E-state index contributed by atoms with van der Waals surface area (Å²) in [7, 11) is 0. The lowest BCUT2D eigenvalue weighted by atomic mass is 9.33. The third-order valence-electron chi connectivity index (χ3n) is 14.7. The second kappa shape index (κ2) is 15.1. The summed E-state index contributed by atoms with van der Waals surface area (Å²) in [6.07, 6.45) is 2.17. The van der Waals surface area contributed by atoms with Crippen molar-refractivity contribution in [3.63, 3.8) is 0 Å². The van der Waals surface area contributed by atoms with Crippen LogP contribution in [0.5, 0.6) is 0 Å². The van der Waals surface area contributed by atoms with E-state index in [2.05, 4.69) is 239 Å². The summed E-state index contributed by atoms with van der Waals surface area (Å²) in [5, 5.41) is 0. The van der Waals surface area contributed by atoms with Gasteiger partial charge in [-0.15, -0.1) is 0 Å². The summed E-state index contributed by atoms with van der Waals surface area (Å²) in [4.78, 5) is 5.29. The van der Waals surface area contributed by atoms with Gasteiger partial charge in [0.1, 0.15) is 0 Å². The van der Waals surface area contributed by atoms with Crippen LogP contribution in [0.1, 0.15) is 129 Å². The minimum Gasteiger partial charge on any atom is -0.311 e. The summed E-state index contributed by atoms with van der Waals surface area (Å²) < 4.78 is 0. The van der Waals surface area contributed by atoms with Gasteiger partial charge in [-0.05, 0) is 155 Å². The van der Waals surface area contributed by atoms with Gasteiger partial charge in [0.2, 0.25) is 0 Å². The van der Waals surface area contributed by atoms with Crippen molar-refractivity contribution < 1.29 is 0 Å². The van der Waals surface area contributed by atoms with Gasteiger partial charge in [0.15, 0.2) is 0 Å². The predicted molar refractivity (Wildman–Crippen MR) is 283 cm³/mol. The highest BCUT2D eigenvalue weighted by Crippen LogP contribution is 2.50. The van der Waals surface area contributed by atoms with Gasteiger partial charge in [0, 0.05) is 34.0 Å². The monoisotopic (exact) mass is 851 g/mol. The Balaban J connectivity index is 1.30. The van der Waals surface area contributed by atoms with Crippen molar-refractivity contribution >= 4 is 57.2 Å². The summed E-state index contributed by atoms with van der Waals surface area (Å²) >= 11 is 0. The van der Waals surface area contributed by atoms with Crippen LogP contribution in [-0.4, -0.2) is 6.71 Å². The van der Waals surface area contributed by atoms with Crippen molar-refractivity contribution in [2.45, 2.75) is 125 Å². The van der Waals surface area contributed by atoms with Gasteiger partial charge in [0.05, 0.1) is 5.69 Å². The first-order chi connectivity index (χ1) is 30.7. The topological polar surface area (TPSA) is 6.48 Å². The van der Waals surface area contributed by atoms with Crippen LogP contribution >= 0.6 is 0 Å². The van der Waals surface area contributed by atoms with Gasteiger partial charge >= 0.3 is 0 Å². The highest BCUT2D eigenvalue weighted by atomic mass is 15.2. The van der Waals surface area contributed by atoms with E-state index in [4.69, 9.17) is 0 Å². The highest BCUT2D eigenvalue weighted by Gasteiger charge is 2.46. The van der Waals surface area contributed by atoms with Gasteiger partial charge < -0.3 is 9.80 Å². The van der Waals surface area contributed by atoms with Crippen LogP contribution in [0.15, 0.2) is 140 Å². The molecule has 2 aliphatic heterocycles. The lowest BCUT2D eigenvalue weighted by Gasteiger charge is -2.45. The number of fused-ring (bicyclic) bond motifs is 5. The van der Waals surface area contributed by atoms with Crippen molar-refractivity contribution in [3.05, 3.63) is 173 Å². The van der Waals surface area contributed by atoms with Gasteiger partial charge in [0.25, 0.3) is 6.71 Å². The molecule has 3 heteroatoms.